The third kappa shape index (κ3) is 5.94. The normalized spacial score (nSPS) is 18.2. The van der Waals surface area contributed by atoms with Crippen molar-refractivity contribution in [3.8, 4) is 6.07 Å². The van der Waals surface area contributed by atoms with Crippen LogP contribution in [0, 0.1) is 17.2 Å². The van der Waals surface area contributed by atoms with Gasteiger partial charge in [-0.05, 0) is 54.8 Å². The zero-order chi connectivity index (χ0) is 26.8. The zero-order valence-corrected chi connectivity index (χ0v) is 20.4. The van der Waals surface area contributed by atoms with E-state index in [0.717, 1.165) is 49.9 Å². The van der Waals surface area contributed by atoms with Gasteiger partial charge in [0.05, 0.1) is 34.2 Å². The number of benzene rings is 2. The van der Waals surface area contributed by atoms with Crippen LogP contribution in [0.25, 0.3) is 0 Å². The first-order valence-corrected chi connectivity index (χ1v) is 13.2. The van der Waals surface area contributed by atoms with Gasteiger partial charge in [0.25, 0.3) is 5.91 Å². The molecule has 2 atom stereocenters. The van der Waals surface area contributed by atoms with Gasteiger partial charge >= 0.3 is 6.18 Å². The number of nitrogens with two attached hydrogens (primary N) is 1. The lowest BCUT2D eigenvalue weighted by molar-refractivity contribution is -0.137. The minimum Gasteiger partial charge on any atom is -0.365 e. The minimum atomic E-state index is -4.50. The molecule has 0 unspecified atom stereocenters. The molecule has 0 radical (unpaired) electrons. The van der Waals surface area contributed by atoms with Crippen molar-refractivity contribution >= 4 is 27.2 Å². The van der Waals surface area contributed by atoms with Gasteiger partial charge in [0.1, 0.15) is 5.56 Å². The topological polar surface area (TPSA) is 131 Å². The van der Waals surface area contributed by atoms with E-state index in [1.807, 2.05) is 0 Å². The summed E-state index contributed by atoms with van der Waals surface area (Å²) >= 11 is 0. The molecule has 3 N–H and O–H groups in total. The van der Waals surface area contributed by atoms with E-state index in [4.69, 9.17) is 5.73 Å². The first-order chi connectivity index (χ1) is 17.5. The molecule has 3 aromatic rings. The Labute approximate surface area is 211 Å². The number of rotatable bonds is 7. The second kappa shape index (κ2) is 10.3. The number of alkyl halides is 3. The average Bonchev–Trinajstić information content (AvgIpc) is 3.28. The highest BCUT2D eigenvalue weighted by atomic mass is 32.2. The Kier molecular flexibility index (Phi) is 7.27. The molecule has 1 aromatic heterocycles. The maximum Gasteiger partial charge on any atom is 0.416 e. The number of anilines is 2. The Morgan fingerprint density at radius 1 is 1.11 bits per heavy atom. The second-order valence-corrected chi connectivity index (χ2v) is 10.9. The lowest BCUT2D eigenvalue weighted by Gasteiger charge is -2.26. The van der Waals surface area contributed by atoms with Gasteiger partial charge in [0.2, 0.25) is 0 Å². The summed E-state index contributed by atoms with van der Waals surface area (Å²) in [5.41, 5.74) is 5.49. The van der Waals surface area contributed by atoms with Crippen molar-refractivity contribution in [3.05, 3.63) is 71.4 Å². The smallest absolute Gasteiger partial charge is 0.365 e. The Bertz CT molecular complexity index is 1430. The highest BCUT2D eigenvalue weighted by Crippen LogP contribution is 2.35. The number of nitriles is 1. The van der Waals surface area contributed by atoms with Gasteiger partial charge in [-0.1, -0.05) is 25.0 Å². The fraction of sp³-hybridized carbons (Fsp3) is 0.320. The zero-order valence-electron chi connectivity index (χ0n) is 19.6. The number of sulfone groups is 1. The van der Waals surface area contributed by atoms with Crippen molar-refractivity contribution in [1.29, 1.82) is 5.26 Å². The summed E-state index contributed by atoms with van der Waals surface area (Å²) < 4.78 is 65.4. The summed E-state index contributed by atoms with van der Waals surface area (Å²) in [7, 11) is -3.83. The van der Waals surface area contributed by atoms with Gasteiger partial charge in [-0.25, -0.2) is 8.42 Å². The molecular weight excluding hydrogens is 507 g/mol. The van der Waals surface area contributed by atoms with Crippen molar-refractivity contribution in [2.24, 2.45) is 11.7 Å². The van der Waals surface area contributed by atoms with Crippen LogP contribution in [0.5, 0.6) is 0 Å². The van der Waals surface area contributed by atoms with Gasteiger partial charge in [0, 0.05) is 11.9 Å². The molecule has 2 aromatic carbocycles. The Morgan fingerprint density at radius 2 is 1.76 bits per heavy atom. The van der Waals surface area contributed by atoms with Crippen LogP contribution in [0.15, 0.2) is 59.6 Å². The summed E-state index contributed by atoms with van der Waals surface area (Å²) in [6.07, 6.45) is 0.422. The van der Waals surface area contributed by atoms with Gasteiger partial charge in [-0.3, -0.25) is 9.48 Å². The predicted octanol–water partition coefficient (Wildman–Crippen LogP) is 4.97. The molecule has 8 nitrogen and oxygen atoms in total. The largest absolute Gasteiger partial charge is 0.416 e. The average molecular weight is 532 g/mol. The molecular formula is C25H24F3N5O3S. The molecule has 1 fully saturated rings. The molecule has 12 heteroatoms. The maximum atomic E-state index is 12.8. The number of amides is 1. The molecule has 0 aliphatic heterocycles. The predicted molar refractivity (Wildman–Crippen MR) is 129 cm³/mol. The number of aromatic nitrogens is 2. The number of hydrogen-bond acceptors (Lipinski definition) is 6. The van der Waals surface area contributed by atoms with E-state index in [0.29, 0.717) is 5.69 Å². The van der Waals surface area contributed by atoms with Crippen molar-refractivity contribution in [2.75, 3.05) is 5.32 Å². The molecule has 0 spiro atoms. The Balaban J connectivity index is 1.51. The standard InChI is InChI=1S/C25H24F3N5O3S/c26-25(27,28)18-7-5-16(6-8-18)15-37(35,36)20-11-9-19(10-12-20)31-24-21(23(30)34)14-33(32-24)22-4-2-1-3-17(22)13-29/h5-12,14,17,22H,1-4,15H2,(H2,30,34)(H,31,32)/t17-,22+/m1/s1. The van der Waals surface area contributed by atoms with Gasteiger partial charge in [0.15, 0.2) is 15.7 Å². The summed E-state index contributed by atoms with van der Waals surface area (Å²) in [6.45, 7) is 0. The van der Waals surface area contributed by atoms with Crippen LogP contribution in [0.4, 0.5) is 24.7 Å². The van der Waals surface area contributed by atoms with Crippen LogP contribution in [0.3, 0.4) is 0 Å². The van der Waals surface area contributed by atoms with Gasteiger partial charge in [-0.15, -0.1) is 0 Å². The van der Waals surface area contributed by atoms with E-state index in [1.165, 1.54) is 30.5 Å². The summed E-state index contributed by atoms with van der Waals surface area (Å²) in [5.74, 6) is -1.20. The van der Waals surface area contributed by atoms with E-state index < -0.39 is 33.2 Å². The molecule has 0 saturated heterocycles. The molecule has 194 valence electrons. The molecule has 1 amide bonds. The van der Waals surface area contributed by atoms with Crippen LogP contribution >= 0.6 is 0 Å². The maximum absolute atomic E-state index is 12.8. The van der Waals surface area contributed by atoms with Crippen LogP contribution in [0.1, 0.15) is 53.2 Å². The van der Waals surface area contributed by atoms with Crippen molar-refractivity contribution in [2.45, 2.75) is 48.5 Å². The highest BCUT2D eigenvalue weighted by Gasteiger charge is 2.31. The van der Waals surface area contributed by atoms with E-state index in [2.05, 4.69) is 16.5 Å². The quantitative estimate of drug-likeness (QED) is 0.442. The molecule has 4 rings (SSSR count). The second-order valence-electron chi connectivity index (χ2n) is 8.93. The van der Waals surface area contributed by atoms with Gasteiger partial charge in [-0.2, -0.15) is 23.5 Å². The number of nitrogens with one attached hydrogen (secondary N) is 1. The lowest BCUT2D eigenvalue weighted by atomic mass is 9.85. The first kappa shape index (κ1) is 26.2. The molecule has 1 aliphatic rings. The van der Waals surface area contributed by atoms with Crippen LogP contribution in [-0.4, -0.2) is 24.1 Å². The van der Waals surface area contributed by atoms with Crippen LogP contribution < -0.4 is 11.1 Å². The minimum absolute atomic E-state index is 0.0160. The first-order valence-electron chi connectivity index (χ1n) is 11.5. The monoisotopic (exact) mass is 531 g/mol. The van der Waals surface area contributed by atoms with E-state index in [1.54, 1.807) is 4.68 Å². The Morgan fingerprint density at radius 3 is 2.35 bits per heavy atom. The number of carbonyl (C=O) groups excluding carboxylic acids is 1. The van der Waals surface area contributed by atoms with E-state index >= 15 is 0 Å². The third-order valence-corrected chi connectivity index (χ3v) is 8.05. The fourth-order valence-electron chi connectivity index (χ4n) is 4.39. The number of nitrogens with zero attached hydrogens (tertiary/aromatic N) is 3. The Hall–Kier alpha value is -3.85. The lowest BCUT2D eigenvalue weighted by Crippen LogP contribution is -2.22. The molecule has 1 saturated carbocycles. The van der Waals surface area contributed by atoms with Crippen molar-refractivity contribution < 1.29 is 26.4 Å². The number of hydrogen-bond donors (Lipinski definition) is 2. The van der Waals surface area contributed by atoms with Gasteiger partial charge < -0.3 is 11.1 Å². The molecule has 0 bridgehead atoms. The number of carbonyl (C=O) groups is 1. The SMILES string of the molecule is N#C[C@H]1CCCC[C@@H]1n1cc(C(N)=O)c(Nc2ccc(S(=O)(=O)Cc3ccc(C(F)(F)F)cc3)cc2)n1. The van der Waals surface area contributed by atoms with Crippen LogP contribution in [-0.2, 0) is 21.8 Å². The fourth-order valence-corrected chi connectivity index (χ4v) is 5.74. The van der Waals surface area contributed by atoms with Crippen LogP contribution in [0.2, 0.25) is 0 Å². The highest BCUT2D eigenvalue weighted by molar-refractivity contribution is 7.90. The van der Waals surface area contributed by atoms with E-state index in [-0.39, 0.29) is 33.8 Å². The summed E-state index contributed by atoms with van der Waals surface area (Å²) in [5, 5.41) is 16.9. The van der Waals surface area contributed by atoms with Crippen molar-refractivity contribution in [1.82, 2.24) is 9.78 Å². The van der Waals surface area contributed by atoms with Crippen molar-refractivity contribution in [3.63, 3.8) is 0 Å². The van der Waals surface area contributed by atoms with E-state index in [9.17, 15) is 31.6 Å². The summed E-state index contributed by atoms with van der Waals surface area (Å²) in [4.78, 5) is 12.0. The summed E-state index contributed by atoms with van der Waals surface area (Å²) in [6, 6.07) is 11.8. The number of primary amides is 1. The molecule has 1 aliphatic carbocycles. The molecule has 37 heavy (non-hydrogen) atoms. The third-order valence-electron chi connectivity index (χ3n) is 6.35. The molecule has 1 heterocycles. The number of halogens is 3.